The molecule has 0 aromatic heterocycles. The molecule has 1 aliphatic heterocycles. The van der Waals surface area contributed by atoms with E-state index in [1.54, 1.807) is 29.2 Å². The smallest absolute Gasteiger partial charge is 0.415 e. The maximum absolute atomic E-state index is 13.1. The van der Waals surface area contributed by atoms with Gasteiger partial charge in [0.2, 0.25) is 0 Å². The lowest BCUT2D eigenvalue weighted by Crippen LogP contribution is -2.29. The number of aliphatic hydroxyl groups is 1. The standard InChI is InChI=1S/C25H24FNO4/c26-19-12-9-17(10-13-19)5-4-8-23-24(21-14-11-18(16-28)15-22(21)29)27(25(30)31-23)20-6-2-1-3-7-20/h1-3,6-7,9-15,23-24,28-29H,4-5,8,16H2/t23-,24-/m1/s1. The molecule has 1 saturated heterocycles. The van der Waals surface area contributed by atoms with Gasteiger partial charge < -0.3 is 14.9 Å². The third-order valence-electron chi connectivity index (χ3n) is 5.58. The number of nitrogens with zero attached hydrogens (tertiary/aromatic N) is 1. The zero-order chi connectivity index (χ0) is 21.8. The zero-order valence-electron chi connectivity index (χ0n) is 16.9. The lowest BCUT2D eigenvalue weighted by atomic mass is 9.94. The normalized spacial score (nSPS) is 18.3. The van der Waals surface area contributed by atoms with Gasteiger partial charge in [0.25, 0.3) is 0 Å². The van der Waals surface area contributed by atoms with E-state index in [0.717, 1.165) is 18.4 Å². The number of hydrogen-bond donors (Lipinski definition) is 2. The summed E-state index contributed by atoms with van der Waals surface area (Å²) in [5, 5.41) is 20.0. The van der Waals surface area contributed by atoms with E-state index in [9.17, 15) is 19.4 Å². The molecule has 0 saturated carbocycles. The number of aryl methyl sites for hydroxylation is 1. The first kappa shape index (κ1) is 20.9. The number of aromatic hydroxyl groups is 1. The second-order valence-corrected chi connectivity index (χ2v) is 7.64. The number of anilines is 1. The lowest BCUT2D eigenvalue weighted by Gasteiger charge is -2.26. The summed E-state index contributed by atoms with van der Waals surface area (Å²) in [4.78, 5) is 14.4. The van der Waals surface area contributed by atoms with E-state index in [2.05, 4.69) is 0 Å². The molecule has 2 N–H and O–H groups in total. The van der Waals surface area contributed by atoms with Crippen molar-refractivity contribution in [3.63, 3.8) is 0 Å². The van der Waals surface area contributed by atoms with E-state index in [4.69, 9.17) is 4.74 Å². The number of halogens is 1. The van der Waals surface area contributed by atoms with Crippen molar-refractivity contribution in [3.05, 3.63) is 95.3 Å². The summed E-state index contributed by atoms with van der Waals surface area (Å²) in [6.07, 6.45) is 1.12. The Kier molecular flexibility index (Phi) is 6.18. The van der Waals surface area contributed by atoms with Crippen molar-refractivity contribution in [1.82, 2.24) is 0 Å². The molecule has 2 atom stereocenters. The molecule has 6 heteroatoms. The van der Waals surface area contributed by atoms with E-state index in [1.807, 2.05) is 30.3 Å². The van der Waals surface area contributed by atoms with Crippen molar-refractivity contribution in [2.45, 2.75) is 38.0 Å². The summed E-state index contributed by atoms with van der Waals surface area (Å²) in [6, 6.07) is 20.1. The van der Waals surface area contributed by atoms with E-state index < -0.39 is 18.2 Å². The van der Waals surface area contributed by atoms with Crippen LogP contribution in [0.4, 0.5) is 14.9 Å². The Labute approximate surface area is 180 Å². The molecule has 160 valence electrons. The Morgan fingerprint density at radius 3 is 2.35 bits per heavy atom. The van der Waals surface area contributed by atoms with Gasteiger partial charge in [-0.3, -0.25) is 4.90 Å². The molecule has 0 radical (unpaired) electrons. The fourth-order valence-electron chi connectivity index (χ4n) is 4.04. The van der Waals surface area contributed by atoms with Crippen molar-refractivity contribution in [3.8, 4) is 5.75 Å². The number of carbonyl (C=O) groups is 1. The van der Waals surface area contributed by atoms with Gasteiger partial charge in [0.1, 0.15) is 23.7 Å². The number of para-hydroxylation sites is 1. The maximum atomic E-state index is 13.1. The van der Waals surface area contributed by atoms with Crippen LogP contribution in [0, 0.1) is 5.82 Å². The molecular weight excluding hydrogens is 397 g/mol. The van der Waals surface area contributed by atoms with Crippen LogP contribution in [0.2, 0.25) is 0 Å². The molecule has 0 aliphatic carbocycles. The van der Waals surface area contributed by atoms with E-state index >= 15 is 0 Å². The highest BCUT2D eigenvalue weighted by molar-refractivity contribution is 5.91. The van der Waals surface area contributed by atoms with Gasteiger partial charge in [-0.15, -0.1) is 0 Å². The maximum Gasteiger partial charge on any atom is 0.415 e. The van der Waals surface area contributed by atoms with Gasteiger partial charge in [-0.05, 0) is 60.7 Å². The van der Waals surface area contributed by atoms with Gasteiger partial charge in [0.05, 0.1) is 6.61 Å². The summed E-state index contributed by atoms with van der Waals surface area (Å²) in [6.45, 7) is -0.183. The Morgan fingerprint density at radius 2 is 1.68 bits per heavy atom. The number of ether oxygens (including phenoxy) is 1. The van der Waals surface area contributed by atoms with Crippen LogP contribution in [-0.2, 0) is 17.8 Å². The summed E-state index contributed by atoms with van der Waals surface area (Å²) in [5.41, 5.74) is 2.85. The van der Waals surface area contributed by atoms with Gasteiger partial charge in [-0.25, -0.2) is 9.18 Å². The number of hydrogen-bond acceptors (Lipinski definition) is 4. The minimum absolute atomic E-state index is 0.0133. The topological polar surface area (TPSA) is 70.0 Å². The van der Waals surface area contributed by atoms with Crippen LogP contribution < -0.4 is 4.90 Å². The second kappa shape index (κ2) is 9.18. The van der Waals surface area contributed by atoms with Crippen LogP contribution in [-0.4, -0.2) is 22.4 Å². The monoisotopic (exact) mass is 421 g/mol. The molecule has 5 nitrogen and oxygen atoms in total. The molecule has 1 fully saturated rings. The number of phenolic OH excluding ortho intramolecular Hbond substituents is 1. The summed E-state index contributed by atoms with van der Waals surface area (Å²) in [5.74, 6) is -0.256. The van der Waals surface area contributed by atoms with Gasteiger partial charge in [-0.1, -0.05) is 42.5 Å². The quantitative estimate of drug-likeness (QED) is 0.556. The molecule has 0 bridgehead atoms. The SMILES string of the molecule is O=C1O[C@H](CCCc2ccc(F)cc2)[C@@H](c2ccc(CO)cc2O)N1c1ccccc1. The summed E-state index contributed by atoms with van der Waals surface area (Å²) in [7, 11) is 0. The van der Waals surface area contributed by atoms with Gasteiger partial charge in [0.15, 0.2) is 0 Å². The van der Waals surface area contributed by atoms with Crippen molar-refractivity contribution < 1.29 is 24.1 Å². The lowest BCUT2D eigenvalue weighted by molar-refractivity contribution is 0.124. The average Bonchev–Trinajstić information content (AvgIpc) is 3.11. The number of benzene rings is 3. The number of rotatable bonds is 7. The highest BCUT2D eigenvalue weighted by Gasteiger charge is 2.44. The number of carbonyl (C=O) groups excluding carboxylic acids is 1. The zero-order valence-corrected chi connectivity index (χ0v) is 16.9. The second-order valence-electron chi connectivity index (χ2n) is 7.64. The third kappa shape index (κ3) is 4.54. The van der Waals surface area contributed by atoms with Gasteiger partial charge in [-0.2, -0.15) is 0 Å². The molecule has 3 aromatic carbocycles. The van der Waals surface area contributed by atoms with Crippen LogP contribution in [0.3, 0.4) is 0 Å². The third-order valence-corrected chi connectivity index (χ3v) is 5.58. The van der Waals surface area contributed by atoms with Crippen molar-refractivity contribution >= 4 is 11.8 Å². The van der Waals surface area contributed by atoms with Crippen molar-refractivity contribution in [2.24, 2.45) is 0 Å². The first-order valence-electron chi connectivity index (χ1n) is 10.3. The van der Waals surface area contributed by atoms with E-state index in [1.165, 1.54) is 18.2 Å². The molecule has 4 rings (SSSR count). The van der Waals surface area contributed by atoms with Gasteiger partial charge in [0, 0.05) is 11.3 Å². The predicted octanol–water partition coefficient (Wildman–Crippen LogP) is 5.11. The highest BCUT2D eigenvalue weighted by Crippen LogP contribution is 2.42. The summed E-state index contributed by atoms with van der Waals surface area (Å²) >= 11 is 0. The number of aliphatic hydroxyl groups excluding tert-OH is 1. The van der Waals surface area contributed by atoms with Crippen molar-refractivity contribution in [1.29, 1.82) is 0 Å². The van der Waals surface area contributed by atoms with Gasteiger partial charge >= 0.3 is 6.09 Å². The Hall–Kier alpha value is -3.38. The molecule has 3 aromatic rings. The molecule has 1 amide bonds. The van der Waals surface area contributed by atoms with Crippen LogP contribution >= 0.6 is 0 Å². The fourth-order valence-corrected chi connectivity index (χ4v) is 4.04. The Balaban J connectivity index is 1.60. The highest BCUT2D eigenvalue weighted by atomic mass is 19.1. The Morgan fingerprint density at radius 1 is 0.968 bits per heavy atom. The first-order chi connectivity index (χ1) is 15.1. The molecule has 1 aliphatic rings. The largest absolute Gasteiger partial charge is 0.508 e. The van der Waals surface area contributed by atoms with Crippen LogP contribution in [0.5, 0.6) is 5.75 Å². The molecule has 0 spiro atoms. The molecule has 0 unspecified atom stereocenters. The van der Waals surface area contributed by atoms with E-state index in [-0.39, 0.29) is 18.2 Å². The Bertz CT molecular complexity index is 1040. The first-order valence-corrected chi connectivity index (χ1v) is 10.3. The van der Waals surface area contributed by atoms with E-state index in [0.29, 0.717) is 23.2 Å². The number of phenols is 1. The molecule has 1 heterocycles. The minimum atomic E-state index is -0.504. The predicted molar refractivity (Wildman–Crippen MR) is 115 cm³/mol. The minimum Gasteiger partial charge on any atom is -0.508 e. The van der Waals surface area contributed by atoms with Crippen LogP contribution in [0.25, 0.3) is 0 Å². The molecular formula is C25H24FNO4. The number of amides is 1. The van der Waals surface area contributed by atoms with Crippen LogP contribution in [0.1, 0.15) is 35.6 Å². The average molecular weight is 421 g/mol. The number of cyclic esters (lactones) is 1. The van der Waals surface area contributed by atoms with Crippen LogP contribution in [0.15, 0.2) is 72.8 Å². The summed E-state index contributed by atoms with van der Waals surface area (Å²) < 4.78 is 18.9. The molecule has 31 heavy (non-hydrogen) atoms. The fraction of sp³-hybridized carbons (Fsp3) is 0.240. The van der Waals surface area contributed by atoms with Crippen molar-refractivity contribution in [2.75, 3.05) is 4.90 Å².